The molecule has 0 bridgehead atoms. The van der Waals surface area contributed by atoms with Crippen molar-refractivity contribution in [3.8, 4) is 5.75 Å². The minimum Gasteiger partial charge on any atom is -0.506 e. The first-order valence-corrected chi connectivity index (χ1v) is 4.92. The summed E-state index contributed by atoms with van der Waals surface area (Å²) in [6.07, 6.45) is 0. The number of phenols is 1. The second-order valence-electron chi connectivity index (χ2n) is 2.58. The molecule has 9 heteroatoms. The number of hydrogen-bond acceptors (Lipinski definition) is 6. The topological polar surface area (TPSA) is 144 Å². The van der Waals surface area contributed by atoms with Gasteiger partial charge >= 0.3 is 10.1 Å². The summed E-state index contributed by atoms with van der Waals surface area (Å²) in [5.41, 5.74) is 3.62. The van der Waals surface area contributed by atoms with Crippen molar-refractivity contribution in [3.05, 3.63) is 22.2 Å². The van der Waals surface area contributed by atoms with E-state index in [0.717, 1.165) is 12.1 Å². The molecular formula is C6H6N2O6S. The molecule has 0 atom stereocenters. The van der Waals surface area contributed by atoms with Crippen molar-refractivity contribution in [1.29, 1.82) is 0 Å². The van der Waals surface area contributed by atoms with Gasteiger partial charge in [-0.2, -0.15) is 8.42 Å². The number of nitrogens with zero attached hydrogens (tertiary/aromatic N) is 1. The van der Waals surface area contributed by atoms with Gasteiger partial charge in [0, 0.05) is 6.07 Å². The highest BCUT2D eigenvalue weighted by atomic mass is 32.2. The summed E-state index contributed by atoms with van der Waals surface area (Å²) in [4.78, 5) is 8.39. The van der Waals surface area contributed by atoms with E-state index in [1.54, 1.807) is 0 Å². The lowest BCUT2D eigenvalue weighted by Crippen LogP contribution is -2.06. The van der Waals surface area contributed by atoms with Crippen molar-refractivity contribution >= 4 is 21.5 Å². The highest BCUT2D eigenvalue weighted by Crippen LogP contribution is 2.35. The second kappa shape index (κ2) is 3.37. The van der Waals surface area contributed by atoms with Crippen molar-refractivity contribution in [1.82, 2.24) is 0 Å². The third-order valence-corrected chi connectivity index (χ3v) is 2.55. The van der Waals surface area contributed by atoms with Gasteiger partial charge in [0.2, 0.25) is 0 Å². The Morgan fingerprint density at radius 3 is 2.33 bits per heavy atom. The number of aromatic hydroxyl groups is 1. The molecule has 0 unspecified atom stereocenters. The van der Waals surface area contributed by atoms with Crippen LogP contribution in [0.25, 0.3) is 0 Å². The van der Waals surface area contributed by atoms with E-state index < -0.39 is 37.1 Å². The average molecular weight is 234 g/mol. The molecule has 0 aliphatic heterocycles. The number of nitrogen functional groups attached to an aromatic ring is 1. The van der Waals surface area contributed by atoms with Crippen LogP contribution in [0.4, 0.5) is 11.4 Å². The van der Waals surface area contributed by atoms with Gasteiger partial charge in [-0.15, -0.1) is 0 Å². The molecule has 0 spiro atoms. The third kappa shape index (κ3) is 1.97. The van der Waals surface area contributed by atoms with Gasteiger partial charge in [0.05, 0.1) is 4.92 Å². The minimum atomic E-state index is -4.80. The largest absolute Gasteiger partial charge is 0.506 e. The molecule has 0 aromatic heterocycles. The molecule has 0 radical (unpaired) electrons. The maximum absolute atomic E-state index is 10.7. The summed E-state index contributed by atoms with van der Waals surface area (Å²) in [5, 5.41) is 19.5. The fourth-order valence-electron chi connectivity index (χ4n) is 1.01. The standard InChI is InChI=1S/C6H6N2O6S/c7-5-3(8(10)11)1-2-4(9)6(5)15(12,13)14/h1-2,9H,7H2,(H,12,13,14). The number of anilines is 1. The van der Waals surface area contributed by atoms with E-state index in [0.29, 0.717) is 0 Å². The Morgan fingerprint density at radius 2 is 1.93 bits per heavy atom. The van der Waals surface area contributed by atoms with Crippen molar-refractivity contribution in [3.63, 3.8) is 0 Å². The van der Waals surface area contributed by atoms with Gasteiger partial charge < -0.3 is 10.8 Å². The van der Waals surface area contributed by atoms with Crippen molar-refractivity contribution in [2.24, 2.45) is 0 Å². The van der Waals surface area contributed by atoms with Gasteiger partial charge in [-0.25, -0.2) is 0 Å². The van der Waals surface area contributed by atoms with Crippen molar-refractivity contribution < 1.29 is 23.0 Å². The number of rotatable bonds is 2. The molecule has 1 aromatic rings. The average Bonchev–Trinajstić information content (AvgIpc) is 2.00. The highest BCUT2D eigenvalue weighted by molar-refractivity contribution is 7.86. The molecule has 0 amide bonds. The lowest BCUT2D eigenvalue weighted by Gasteiger charge is -2.04. The number of nitro groups is 1. The van der Waals surface area contributed by atoms with E-state index in [1.165, 1.54) is 0 Å². The summed E-state index contributed by atoms with van der Waals surface area (Å²) in [7, 11) is -4.80. The monoisotopic (exact) mass is 234 g/mol. The highest BCUT2D eigenvalue weighted by Gasteiger charge is 2.26. The first-order chi connectivity index (χ1) is 6.75. The van der Waals surface area contributed by atoms with Crippen LogP contribution in [-0.2, 0) is 10.1 Å². The van der Waals surface area contributed by atoms with E-state index >= 15 is 0 Å². The number of benzene rings is 1. The van der Waals surface area contributed by atoms with E-state index in [-0.39, 0.29) is 0 Å². The van der Waals surface area contributed by atoms with Crippen LogP contribution >= 0.6 is 0 Å². The molecular weight excluding hydrogens is 228 g/mol. The molecule has 0 fully saturated rings. The van der Waals surface area contributed by atoms with Crippen molar-refractivity contribution in [2.45, 2.75) is 4.90 Å². The predicted octanol–water partition coefficient (Wildman–Crippen LogP) is 0.129. The fourth-order valence-corrected chi connectivity index (χ4v) is 1.72. The molecule has 15 heavy (non-hydrogen) atoms. The van der Waals surface area contributed by atoms with Crippen LogP contribution in [0.3, 0.4) is 0 Å². The Morgan fingerprint density at radius 1 is 1.40 bits per heavy atom. The SMILES string of the molecule is Nc1c([N+](=O)[O-])ccc(O)c1S(=O)(=O)O. The number of nitro benzene ring substituents is 1. The summed E-state index contributed by atoms with van der Waals surface area (Å²) in [6, 6.07) is 1.59. The zero-order valence-corrected chi connectivity index (χ0v) is 7.93. The summed E-state index contributed by atoms with van der Waals surface area (Å²) in [6.45, 7) is 0. The molecule has 0 saturated carbocycles. The van der Waals surface area contributed by atoms with Gasteiger partial charge in [-0.3, -0.25) is 14.7 Å². The van der Waals surface area contributed by atoms with Crippen LogP contribution in [0, 0.1) is 10.1 Å². The lowest BCUT2D eigenvalue weighted by atomic mass is 10.2. The third-order valence-electron chi connectivity index (χ3n) is 1.61. The van der Waals surface area contributed by atoms with E-state index in [9.17, 15) is 18.5 Å². The number of nitrogens with two attached hydrogens (primary N) is 1. The van der Waals surface area contributed by atoms with Crippen LogP contribution < -0.4 is 5.73 Å². The van der Waals surface area contributed by atoms with Crippen molar-refractivity contribution in [2.75, 3.05) is 5.73 Å². The maximum atomic E-state index is 10.7. The second-order valence-corrected chi connectivity index (χ2v) is 3.94. The molecule has 0 aliphatic rings. The van der Waals surface area contributed by atoms with E-state index in [4.69, 9.17) is 15.4 Å². The number of phenolic OH excluding ortho intramolecular Hbond substituents is 1. The first-order valence-electron chi connectivity index (χ1n) is 3.48. The zero-order chi connectivity index (χ0) is 11.8. The Labute approximate surface area is 83.8 Å². The molecule has 0 saturated heterocycles. The van der Waals surface area contributed by atoms with E-state index in [1.807, 2.05) is 0 Å². The van der Waals surface area contributed by atoms with Gasteiger partial charge in [0.1, 0.15) is 11.4 Å². The molecule has 0 heterocycles. The van der Waals surface area contributed by atoms with Gasteiger partial charge in [0.15, 0.2) is 4.90 Å². The Bertz CT molecular complexity index is 523. The quantitative estimate of drug-likeness (QED) is 0.285. The Balaban J connectivity index is 3.66. The number of hydrogen-bond donors (Lipinski definition) is 3. The molecule has 82 valence electrons. The first kappa shape index (κ1) is 11.2. The molecule has 4 N–H and O–H groups in total. The van der Waals surface area contributed by atoms with Gasteiger partial charge in [-0.05, 0) is 6.07 Å². The molecule has 8 nitrogen and oxygen atoms in total. The van der Waals surface area contributed by atoms with Crippen LogP contribution in [0.1, 0.15) is 0 Å². The summed E-state index contributed by atoms with van der Waals surface area (Å²) in [5.74, 6) is -0.847. The molecule has 0 aliphatic carbocycles. The van der Waals surface area contributed by atoms with Crippen LogP contribution in [0.5, 0.6) is 5.75 Å². The maximum Gasteiger partial charge on any atom is 0.300 e. The summed E-state index contributed by atoms with van der Waals surface area (Å²) >= 11 is 0. The normalized spacial score (nSPS) is 11.3. The van der Waals surface area contributed by atoms with Crippen LogP contribution in [0.15, 0.2) is 17.0 Å². The van der Waals surface area contributed by atoms with Crippen LogP contribution in [0.2, 0.25) is 0 Å². The Kier molecular flexibility index (Phi) is 2.51. The van der Waals surface area contributed by atoms with Crippen LogP contribution in [-0.4, -0.2) is 23.0 Å². The predicted molar refractivity (Wildman–Crippen MR) is 49.0 cm³/mol. The Hall–Kier alpha value is -1.87. The zero-order valence-electron chi connectivity index (χ0n) is 7.11. The smallest absolute Gasteiger partial charge is 0.300 e. The molecule has 1 rings (SSSR count). The van der Waals surface area contributed by atoms with Gasteiger partial charge in [-0.1, -0.05) is 0 Å². The van der Waals surface area contributed by atoms with E-state index in [2.05, 4.69) is 0 Å². The van der Waals surface area contributed by atoms with Gasteiger partial charge in [0.25, 0.3) is 5.69 Å². The lowest BCUT2D eigenvalue weighted by molar-refractivity contribution is -0.384. The summed E-state index contributed by atoms with van der Waals surface area (Å²) < 4.78 is 30.2. The molecule has 1 aromatic carbocycles. The minimum absolute atomic E-state index is 0.708. The fraction of sp³-hybridized carbons (Fsp3) is 0.